The largest absolute Gasteiger partial charge is 0.496 e. The van der Waals surface area contributed by atoms with Gasteiger partial charge in [-0.3, -0.25) is 0 Å². The van der Waals surface area contributed by atoms with Crippen molar-refractivity contribution in [2.45, 2.75) is 32.3 Å². The van der Waals surface area contributed by atoms with Crippen molar-refractivity contribution >= 4 is 0 Å². The molecular formula is C11H16O4. The summed E-state index contributed by atoms with van der Waals surface area (Å²) in [6.45, 7) is 2.04. The lowest BCUT2D eigenvalue weighted by Crippen LogP contribution is -2.05. The van der Waals surface area contributed by atoms with Crippen LogP contribution in [0.1, 0.15) is 38.1 Å². The molecule has 84 valence electrons. The van der Waals surface area contributed by atoms with Crippen LogP contribution < -0.4 is 10.4 Å². The van der Waals surface area contributed by atoms with Crippen molar-refractivity contribution in [3.63, 3.8) is 0 Å². The molecular weight excluding hydrogens is 196 g/mol. The summed E-state index contributed by atoms with van der Waals surface area (Å²) in [5.74, 6) is 0.685. The molecule has 0 aliphatic rings. The van der Waals surface area contributed by atoms with Gasteiger partial charge in [-0.2, -0.15) is 0 Å². The first kappa shape index (κ1) is 11.8. The van der Waals surface area contributed by atoms with Gasteiger partial charge < -0.3 is 14.3 Å². The van der Waals surface area contributed by atoms with Gasteiger partial charge in [-0.15, -0.1) is 0 Å². The quantitative estimate of drug-likeness (QED) is 0.809. The van der Waals surface area contributed by atoms with E-state index >= 15 is 0 Å². The third-order valence-electron chi connectivity index (χ3n) is 2.16. The number of methoxy groups -OCH3 is 1. The molecule has 4 nitrogen and oxygen atoms in total. The standard InChI is InChI=1S/C11H16O4/c1-3-4-5-9(12)10-6-8(14-2)7-11(13)15-10/h6-7,9,12H,3-5H2,1-2H3. The first-order valence-electron chi connectivity index (χ1n) is 5.04. The highest BCUT2D eigenvalue weighted by Crippen LogP contribution is 2.21. The highest BCUT2D eigenvalue weighted by molar-refractivity contribution is 5.21. The zero-order chi connectivity index (χ0) is 11.3. The summed E-state index contributed by atoms with van der Waals surface area (Å²) in [6.07, 6.45) is 1.74. The summed E-state index contributed by atoms with van der Waals surface area (Å²) in [5.41, 5.74) is -0.500. The average Bonchev–Trinajstić information content (AvgIpc) is 2.24. The Morgan fingerprint density at radius 1 is 1.53 bits per heavy atom. The van der Waals surface area contributed by atoms with Crippen LogP contribution in [0.15, 0.2) is 21.3 Å². The van der Waals surface area contributed by atoms with Crippen molar-refractivity contribution in [1.82, 2.24) is 0 Å². The van der Waals surface area contributed by atoms with E-state index < -0.39 is 11.7 Å². The Balaban J connectivity index is 2.83. The number of hydrogen-bond acceptors (Lipinski definition) is 4. The van der Waals surface area contributed by atoms with Crippen LogP contribution in [-0.2, 0) is 0 Å². The molecule has 4 heteroatoms. The number of rotatable bonds is 5. The van der Waals surface area contributed by atoms with Gasteiger partial charge in [0, 0.05) is 6.07 Å². The third-order valence-corrected chi connectivity index (χ3v) is 2.16. The summed E-state index contributed by atoms with van der Waals surface area (Å²) in [5, 5.41) is 9.71. The maximum atomic E-state index is 11.1. The van der Waals surface area contributed by atoms with E-state index in [1.165, 1.54) is 13.2 Å². The second-order valence-corrected chi connectivity index (χ2v) is 3.38. The monoisotopic (exact) mass is 212 g/mol. The fourth-order valence-corrected chi connectivity index (χ4v) is 1.29. The molecule has 0 amide bonds. The molecule has 1 unspecified atom stereocenters. The first-order chi connectivity index (χ1) is 7.17. The van der Waals surface area contributed by atoms with Gasteiger partial charge in [-0.1, -0.05) is 19.8 Å². The van der Waals surface area contributed by atoms with Crippen LogP contribution in [0.2, 0.25) is 0 Å². The second kappa shape index (κ2) is 5.56. The van der Waals surface area contributed by atoms with Crippen LogP contribution in [0, 0.1) is 0 Å². The predicted octanol–water partition coefficient (Wildman–Crippen LogP) is 1.87. The van der Waals surface area contributed by atoms with E-state index in [1.54, 1.807) is 6.07 Å². The van der Waals surface area contributed by atoms with Crippen molar-refractivity contribution in [3.05, 3.63) is 28.3 Å². The summed E-state index contributed by atoms with van der Waals surface area (Å²) >= 11 is 0. The van der Waals surface area contributed by atoms with Crippen LogP contribution >= 0.6 is 0 Å². The molecule has 0 bridgehead atoms. The Labute approximate surface area is 88.5 Å². The van der Waals surface area contributed by atoms with Crippen LogP contribution in [0.5, 0.6) is 5.75 Å². The number of ether oxygens (including phenoxy) is 1. The zero-order valence-corrected chi connectivity index (χ0v) is 9.03. The summed E-state index contributed by atoms with van der Waals surface area (Å²) in [6, 6.07) is 2.79. The minimum atomic E-state index is -0.729. The number of aliphatic hydroxyl groups is 1. The summed E-state index contributed by atoms with van der Waals surface area (Å²) < 4.78 is 9.81. The smallest absolute Gasteiger partial charge is 0.339 e. The van der Waals surface area contributed by atoms with Crippen LogP contribution in [-0.4, -0.2) is 12.2 Å². The molecule has 1 aromatic rings. The van der Waals surface area contributed by atoms with Gasteiger partial charge in [-0.25, -0.2) is 4.79 Å². The Kier molecular flexibility index (Phi) is 4.37. The fourth-order valence-electron chi connectivity index (χ4n) is 1.29. The SMILES string of the molecule is CCCCC(O)c1cc(OC)cc(=O)o1. The molecule has 0 radical (unpaired) electrons. The first-order valence-corrected chi connectivity index (χ1v) is 5.04. The molecule has 0 aromatic carbocycles. The van der Waals surface area contributed by atoms with E-state index in [9.17, 15) is 9.90 Å². The highest BCUT2D eigenvalue weighted by atomic mass is 16.5. The van der Waals surface area contributed by atoms with Gasteiger partial charge in [0.05, 0.1) is 13.2 Å². The Morgan fingerprint density at radius 3 is 2.87 bits per heavy atom. The molecule has 0 saturated heterocycles. The van der Waals surface area contributed by atoms with Gasteiger partial charge >= 0.3 is 5.63 Å². The van der Waals surface area contributed by atoms with Gasteiger partial charge in [-0.05, 0) is 6.42 Å². The molecule has 0 spiro atoms. The maximum Gasteiger partial charge on any atom is 0.339 e. The van der Waals surface area contributed by atoms with Gasteiger partial charge in [0.15, 0.2) is 0 Å². The average molecular weight is 212 g/mol. The Bertz CT molecular complexity index is 356. The summed E-state index contributed by atoms with van der Waals surface area (Å²) in [4.78, 5) is 11.1. The fraction of sp³-hybridized carbons (Fsp3) is 0.545. The number of unbranched alkanes of at least 4 members (excludes halogenated alkanes) is 1. The lowest BCUT2D eigenvalue weighted by Gasteiger charge is -2.09. The van der Waals surface area contributed by atoms with E-state index in [-0.39, 0.29) is 5.76 Å². The molecule has 0 aliphatic heterocycles. The van der Waals surface area contributed by atoms with Gasteiger partial charge in [0.2, 0.25) is 0 Å². The van der Waals surface area contributed by atoms with Crippen molar-refractivity contribution in [1.29, 1.82) is 0 Å². The molecule has 15 heavy (non-hydrogen) atoms. The maximum absolute atomic E-state index is 11.1. The lowest BCUT2D eigenvalue weighted by molar-refractivity contribution is 0.132. The third kappa shape index (κ3) is 3.40. The van der Waals surface area contributed by atoms with Crippen molar-refractivity contribution < 1.29 is 14.3 Å². The van der Waals surface area contributed by atoms with Gasteiger partial charge in [0.1, 0.15) is 17.6 Å². The van der Waals surface area contributed by atoms with E-state index in [1.807, 2.05) is 6.92 Å². The van der Waals surface area contributed by atoms with E-state index in [0.29, 0.717) is 12.2 Å². The van der Waals surface area contributed by atoms with E-state index in [4.69, 9.17) is 9.15 Å². The topological polar surface area (TPSA) is 59.7 Å². The van der Waals surface area contributed by atoms with Crippen molar-refractivity contribution in [2.24, 2.45) is 0 Å². The van der Waals surface area contributed by atoms with E-state index in [2.05, 4.69) is 0 Å². The minimum absolute atomic E-state index is 0.271. The van der Waals surface area contributed by atoms with Crippen molar-refractivity contribution in [2.75, 3.05) is 7.11 Å². The molecule has 1 rings (SSSR count). The molecule has 1 N–H and O–H groups in total. The minimum Gasteiger partial charge on any atom is -0.496 e. The lowest BCUT2D eigenvalue weighted by atomic mass is 10.1. The Morgan fingerprint density at radius 2 is 2.27 bits per heavy atom. The molecule has 0 fully saturated rings. The normalized spacial score (nSPS) is 12.5. The van der Waals surface area contributed by atoms with Crippen LogP contribution in [0.4, 0.5) is 0 Å². The molecule has 1 atom stereocenters. The molecule has 0 saturated carbocycles. The van der Waals surface area contributed by atoms with Crippen LogP contribution in [0.25, 0.3) is 0 Å². The highest BCUT2D eigenvalue weighted by Gasteiger charge is 2.11. The Hall–Kier alpha value is -1.29. The summed E-state index contributed by atoms with van der Waals surface area (Å²) in [7, 11) is 1.47. The zero-order valence-electron chi connectivity index (χ0n) is 9.03. The molecule has 0 aliphatic carbocycles. The van der Waals surface area contributed by atoms with Crippen LogP contribution in [0.3, 0.4) is 0 Å². The number of hydrogen-bond donors (Lipinski definition) is 1. The molecule has 1 aromatic heterocycles. The predicted molar refractivity (Wildman–Crippen MR) is 56.0 cm³/mol. The number of aliphatic hydroxyl groups excluding tert-OH is 1. The van der Waals surface area contributed by atoms with Crippen molar-refractivity contribution in [3.8, 4) is 5.75 Å². The van der Waals surface area contributed by atoms with E-state index in [0.717, 1.165) is 12.8 Å². The van der Waals surface area contributed by atoms with Gasteiger partial charge in [0.25, 0.3) is 0 Å². The molecule has 1 heterocycles. The second-order valence-electron chi connectivity index (χ2n) is 3.38.